The Bertz CT molecular complexity index is 999. The molecule has 0 aliphatic carbocycles. The Morgan fingerprint density at radius 3 is 2.45 bits per heavy atom. The van der Waals surface area contributed by atoms with E-state index in [2.05, 4.69) is 4.98 Å². The number of hydrogen-bond donors (Lipinski definition) is 0. The summed E-state index contributed by atoms with van der Waals surface area (Å²) in [7, 11) is 1.57. The first-order valence-corrected chi connectivity index (χ1v) is 9.10. The van der Waals surface area contributed by atoms with Gasteiger partial charge in [-0.15, -0.1) is 0 Å². The van der Waals surface area contributed by atoms with Gasteiger partial charge < -0.3 is 19.8 Å². The number of methoxy groups -OCH3 is 1. The largest absolute Gasteiger partial charge is 0.497 e. The molecule has 0 N–H and O–H groups in total. The molecule has 150 valence electrons. The second-order valence-electron chi connectivity index (χ2n) is 6.56. The average Bonchev–Trinajstić information content (AvgIpc) is 3.09. The number of amides is 1. The van der Waals surface area contributed by atoms with Gasteiger partial charge in [-0.25, -0.2) is 9.55 Å². The Labute approximate surface area is 168 Å². The van der Waals surface area contributed by atoms with Gasteiger partial charge >= 0.3 is 5.82 Å². The van der Waals surface area contributed by atoms with Crippen molar-refractivity contribution >= 4 is 17.4 Å². The zero-order chi connectivity index (χ0) is 21.0. The predicted octanol–water partition coefficient (Wildman–Crippen LogP) is 3.90. The molecule has 3 rings (SSSR count). The maximum absolute atomic E-state index is 13.3. The fraction of sp³-hybridized carbons (Fsp3) is 0.238. The molecule has 8 heteroatoms. The van der Waals surface area contributed by atoms with Gasteiger partial charge in [0, 0.05) is 12.6 Å². The number of rotatable bonds is 7. The molecule has 3 aromatic rings. The van der Waals surface area contributed by atoms with Crippen molar-refractivity contribution in [3.63, 3.8) is 0 Å². The highest BCUT2D eigenvalue weighted by atomic mass is 16.6. The summed E-state index contributed by atoms with van der Waals surface area (Å²) in [5.41, 5.74) is 1.63. The molecular formula is C21H22N4O4. The molecule has 0 fully saturated rings. The number of aromatic nitrogens is 2. The number of hydrogen-bond acceptors (Lipinski definition) is 5. The molecule has 1 aromatic heterocycles. The number of nitrogens with zero attached hydrogens (tertiary/aromatic N) is 4. The highest BCUT2D eigenvalue weighted by Crippen LogP contribution is 2.29. The van der Waals surface area contributed by atoms with E-state index in [0.29, 0.717) is 17.3 Å². The van der Waals surface area contributed by atoms with Gasteiger partial charge in [-0.3, -0.25) is 4.79 Å². The number of nitro groups is 1. The van der Waals surface area contributed by atoms with Gasteiger partial charge in [0.2, 0.25) is 0 Å². The molecule has 0 spiro atoms. The van der Waals surface area contributed by atoms with Crippen LogP contribution in [0.2, 0.25) is 0 Å². The van der Waals surface area contributed by atoms with Crippen molar-refractivity contribution in [3.05, 3.63) is 82.3 Å². The van der Waals surface area contributed by atoms with Crippen LogP contribution in [0.25, 0.3) is 0 Å². The number of benzene rings is 2. The molecule has 2 aromatic carbocycles. The van der Waals surface area contributed by atoms with Crippen LogP contribution in [0.3, 0.4) is 0 Å². The van der Waals surface area contributed by atoms with E-state index in [1.165, 1.54) is 10.8 Å². The van der Waals surface area contributed by atoms with E-state index in [0.717, 1.165) is 5.56 Å². The lowest BCUT2D eigenvalue weighted by atomic mass is 10.1. The second kappa shape index (κ2) is 8.55. The standard InChI is InChI=1S/C21H22N4O4/c1-15(17-7-5-4-6-8-17)24(18-9-11-19(29-3)12-10-18)21(26)14-23-16(2)22-13-20(23)25(27)28/h4-13,15H,14H2,1-3H3/t15-/m1/s1. The smallest absolute Gasteiger partial charge is 0.343 e. The monoisotopic (exact) mass is 394 g/mol. The SMILES string of the molecule is COc1ccc(N(C(=O)Cn2c([N+](=O)[O-])cnc2C)[C@H](C)c2ccccc2)cc1. The van der Waals surface area contributed by atoms with E-state index in [4.69, 9.17) is 4.74 Å². The van der Waals surface area contributed by atoms with Crippen LogP contribution in [-0.4, -0.2) is 27.5 Å². The molecule has 0 radical (unpaired) electrons. The Morgan fingerprint density at radius 1 is 1.21 bits per heavy atom. The minimum Gasteiger partial charge on any atom is -0.497 e. The number of carbonyl (C=O) groups is 1. The van der Waals surface area contributed by atoms with Crippen molar-refractivity contribution < 1.29 is 14.5 Å². The van der Waals surface area contributed by atoms with Gasteiger partial charge in [0.1, 0.15) is 11.9 Å². The van der Waals surface area contributed by atoms with Crippen LogP contribution in [-0.2, 0) is 11.3 Å². The fourth-order valence-corrected chi connectivity index (χ4v) is 3.22. The van der Waals surface area contributed by atoms with E-state index >= 15 is 0 Å². The first kappa shape index (κ1) is 20.1. The van der Waals surface area contributed by atoms with Crippen LogP contribution in [0, 0.1) is 17.0 Å². The van der Waals surface area contributed by atoms with Crippen LogP contribution < -0.4 is 9.64 Å². The van der Waals surface area contributed by atoms with Crippen LogP contribution in [0.5, 0.6) is 5.75 Å². The highest BCUT2D eigenvalue weighted by molar-refractivity contribution is 5.94. The summed E-state index contributed by atoms with van der Waals surface area (Å²) < 4.78 is 6.52. The molecule has 0 aliphatic heterocycles. The van der Waals surface area contributed by atoms with E-state index in [1.54, 1.807) is 43.2 Å². The first-order chi connectivity index (χ1) is 13.9. The van der Waals surface area contributed by atoms with Crippen LogP contribution in [0.15, 0.2) is 60.8 Å². The van der Waals surface area contributed by atoms with Crippen molar-refractivity contribution in [2.45, 2.75) is 26.4 Å². The molecule has 0 saturated heterocycles. The summed E-state index contributed by atoms with van der Waals surface area (Å²) in [5, 5.41) is 11.3. The Morgan fingerprint density at radius 2 is 1.86 bits per heavy atom. The summed E-state index contributed by atoms with van der Waals surface area (Å²) in [4.78, 5) is 29.7. The van der Waals surface area contributed by atoms with Crippen molar-refractivity contribution in [1.29, 1.82) is 0 Å². The molecule has 1 heterocycles. The van der Waals surface area contributed by atoms with Gasteiger partial charge in [-0.05, 0) is 41.7 Å². The number of anilines is 1. The molecular weight excluding hydrogens is 372 g/mol. The maximum atomic E-state index is 13.3. The lowest BCUT2D eigenvalue weighted by molar-refractivity contribution is -0.392. The third-order valence-electron chi connectivity index (χ3n) is 4.80. The predicted molar refractivity (Wildman–Crippen MR) is 109 cm³/mol. The summed E-state index contributed by atoms with van der Waals surface area (Å²) in [5.74, 6) is 0.593. The number of aryl methyl sites for hydroxylation is 1. The van der Waals surface area contributed by atoms with E-state index in [-0.39, 0.29) is 24.3 Å². The minimum atomic E-state index is -0.536. The molecule has 8 nitrogen and oxygen atoms in total. The van der Waals surface area contributed by atoms with Crippen molar-refractivity contribution in [2.75, 3.05) is 12.0 Å². The van der Waals surface area contributed by atoms with Gasteiger partial charge in [-0.2, -0.15) is 0 Å². The van der Waals surface area contributed by atoms with E-state index in [9.17, 15) is 14.9 Å². The van der Waals surface area contributed by atoms with Crippen molar-refractivity contribution in [1.82, 2.24) is 9.55 Å². The minimum absolute atomic E-state index is 0.189. The second-order valence-corrected chi connectivity index (χ2v) is 6.56. The summed E-state index contributed by atoms with van der Waals surface area (Å²) in [6.45, 7) is 3.37. The van der Waals surface area contributed by atoms with Gasteiger partial charge in [0.15, 0.2) is 12.4 Å². The molecule has 0 aliphatic rings. The van der Waals surface area contributed by atoms with E-state index in [1.807, 2.05) is 37.3 Å². The Kier molecular flexibility index (Phi) is 5.92. The first-order valence-electron chi connectivity index (χ1n) is 9.10. The quantitative estimate of drug-likeness (QED) is 0.448. The topological polar surface area (TPSA) is 90.5 Å². The highest BCUT2D eigenvalue weighted by Gasteiger charge is 2.28. The van der Waals surface area contributed by atoms with Crippen LogP contribution in [0.1, 0.15) is 24.4 Å². The lowest BCUT2D eigenvalue weighted by Gasteiger charge is -2.29. The van der Waals surface area contributed by atoms with E-state index < -0.39 is 4.92 Å². The number of ether oxygens (including phenoxy) is 1. The Hall–Kier alpha value is -3.68. The molecule has 0 unspecified atom stereocenters. The normalized spacial score (nSPS) is 11.7. The number of imidazole rings is 1. The molecule has 0 bridgehead atoms. The zero-order valence-electron chi connectivity index (χ0n) is 16.5. The third kappa shape index (κ3) is 4.26. The molecule has 1 atom stereocenters. The summed E-state index contributed by atoms with van der Waals surface area (Å²) >= 11 is 0. The molecule has 29 heavy (non-hydrogen) atoms. The zero-order valence-corrected chi connectivity index (χ0v) is 16.5. The number of carbonyl (C=O) groups excluding carboxylic acids is 1. The van der Waals surface area contributed by atoms with Gasteiger partial charge in [0.25, 0.3) is 5.91 Å². The van der Waals surface area contributed by atoms with Crippen LogP contribution in [0.4, 0.5) is 11.5 Å². The van der Waals surface area contributed by atoms with Gasteiger partial charge in [0.05, 0.1) is 13.2 Å². The van der Waals surface area contributed by atoms with Crippen molar-refractivity contribution in [2.24, 2.45) is 0 Å². The Balaban J connectivity index is 1.99. The molecule has 0 saturated carbocycles. The van der Waals surface area contributed by atoms with Crippen LogP contribution >= 0.6 is 0 Å². The van der Waals surface area contributed by atoms with Crippen molar-refractivity contribution in [3.8, 4) is 5.75 Å². The summed E-state index contributed by atoms with van der Waals surface area (Å²) in [6.07, 6.45) is 1.17. The maximum Gasteiger partial charge on any atom is 0.343 e. The third-order valence-corrected chi connectivity index (χ3v) is 4.80. The molecule has 1 amide bonds. The fourth-order valence-electron chi connectivity index (χ4n) is 3.22. The average molecular weight is 394 g/mol. The summed E-state index contributed by atoms with van der Waals surface area (Å²) in [6, 6.07) is 16.5. The lowest BCUT2D eigenvalue weighted by Crippen LogP contribution is -2.36. The van der Waals surface area contributed by atoms with Gasteiger partial charge in [-0.1, -0.05) is 30.3 Å².